The predicted molar refractivity (Wildman–Crippen MR) is 54.3 cm³/mol. The van der Waals surface area contributed by atoms with E-state index in [2.05, 4.69) is 0 Å². The van der Waals surface area contributed by atoms with E-state index in [4.69, 9.17) is 9.84 Å². The largest absolute Gasteiger partial charge is 0.394 e. The lowest BCUT2D eigenvalue weighted by atomic mass is 10.1. The number of aromatic nitrogens is 2. The van der Waals surface area contributed by atoms with Crippen LogP contribution >= 0.6 is 0 Å². The van der Waals surface area contributed by atoms with Gasteiger partial charge in [0.05, 0.1) is 12.8 Å². The highest BCUT2D eigenvalue weighted by molar-refractivity contribution is 4.94. The highest BCUT2D eigenvalue weighted by Crippen LogP contribution is 2.27. The second kappa shape index (κ2) is 4.61. The van der Waals surface area contributed by atoms with E-state index in [0.717, 1.165) is 0 Å². The number of aliphatic hydroxyl groups excluding tert-OH is 3. The number of nitrogens with zero attached hydrogens (tertiary/aromatic N) is 1. The molecule has 1 fully saturated rings. The maximum absolute atomic E-state index is 13.1. The van der Waals surface area contributed by atoms with Crippen molar-refractivity contribution >= 4 is 0 Å². The number of halogens is 1. The third kappa shape index (κ3) is 1.97. The summed E-state index contributed by atoms with van der Waals surface area (Å²) in [5.74, 6) is -1.23. The molecule has 100 valence electrons. The summed E-state index contributed by atoms with van der Waals surface area (Å²) in [6.45, 7) is -0.574. The second-order valence-corrected chi connectivity index (χ2v) is 3.87. The Bertz CT molecular complexity index is 555. The molecule has 1 saturated heterocycles. The van der Waals surface area contributed by atoms with Crippen LogP contribution in [0.1, 0.15) is 6.23 Å². The SMILES string of the molecule is O=c1[nH]c(=O)n(C2O[C@H](CO)[C@@H](O)[C@@H]2O)cc1F. The minimum atomic E-state index is -1.52. The van der Waals surface area contributed by atoms with E-state index in [-0.39, 0.29) is 0 Å². The van der Waals surface area contributed by atoms with Gasteiger partial charge in [0.25, 0.3) is 5.56 Å². The fraction of sp³-hybridized carbons (Fsp3) is 0.556. The molecule has 9 heteroatoms. The third-order valence-electron chi connectivity index (χ3n) is 2.72. The summed E-state index contributed by atoms with van der Waals surface area (Å²) in [4.78, 5) is 24.0. The van der Waals surface area contributed by atoms with Crippen LogP contribution in [0.15, 0.2) is 15.8 Å². The van der Waals surface area contributed by atoms with Gasteiger partial charge in [0, 0.05) is 0 Å². The number of hydrogen-bond acceptors (Lipinski definition) is 6. The van der Waals surface area contributed by atoms with Crippen molar-refractivity contribution in [1.29, 1.82) is 0 Å². The van der Waals surface area contributed by atoms with Crippen molar-refractivity contribution in [3.63, 3.8) is 0 Å². The van der Waals surface area contributed by atoms with Crippen molar-refractivity contribution in [3.8, 4) is 0 Å². The molecule has 0 aliphatic carbocycles. The standard InChI is InChI=1S/C9H11FN2O6/c10-3-1-12(9(17)11-7(3)16)8-6(15)5(14)4(2-13)18-8/h1,4-6,8,13-15H,2H2,(H,11,16,17)/t4-,5-,6+,8?/m1/s1. The van der Waals surface area contributed by atoms with Crippen molar-refractivity contribution in [3.05, 3.63) is 32.9 Å². The van der Waals surface area contributed by atoms with Crippen LogP contribution in [0.2, 0.25) is 0 Å². The topological polar surface area (TPSA) is 125 Å². The first-order chi connectivity index (χ1) is 8.45. The normalized spacial score (nSPS) is 31.8. The van der Waals surface area contributed by atoms with Crippen molar-refractivity contribution in [2.75, 3.05) is 6.61 Å². The second-order valence-electron chi connectivity index (χ2n) is 3.87. The van der Waals surface area contributed by atoms with Gasteiger partial charge in [-0.1, -0.05) is 0 Å². The molecule has 1 aliphatic rings. The van der Waals surface area contributed by atoms with E-state index in [1.165, 1.54) is 0 Å². The summed E-state index contributed by atoms with van der Waals surface area (Å²) in [7, 11) is 0. The van der Waals surface area contributed by atoms with Crippen LogP contribution in [-0.4, -0.2) is 49.8 Å². The van der Waals surface area contributed by atoms with E-state index in [0.29, 0.717) is 10.8 Å². The van der Waals surface area contributed by atoms with Crippen LogP contribution < -0.4 is 11.2 Å². The maximum atomic E-state index is 13.1. The summed E-state index contributed by atoms with van der Waals surface area (Å²) >= 11 is 0. The quantitative estimate of drug-likeness (QED) is 0.459. The molecule has 1 aliphatic heterocycles. The Kier molecular flexibility index (Phi) is 3.30. The van der Waals surface area contributed by atoms with Gasteiger partial charge >= 0.3 is 5.69 Å². The van der Waals surface area contributed by atoms with Crippen molar-refractivity contribution in [1.82, 2.24) is 9.55 Å². The molecule has 0 spiro atoms. The minimum absolute atomic E-state index is 0.571. The molecule has 0 radical (unpaired) electrons. The molecular formula is C9H11FN2O6. The molecule has 4 atom stereocenters. The van der Waals surface area contributed by atoms with E-state index in [1.807, 2.05) is 0 Å². The first-order valence-electron chi connectivity index (χ1n) is 5.09. The first kappa shape index (κ1) is 12.9. The average Bonchev–Trinajstić information content (AvgIpc) is 2.61. The van der Waals surface area contributed by atoms with Crippen molar-refractivity contribution in [2.45, 2.75) is 24.5 Å². The molecule has 1 aromatic heterocycles. The zero-order valence-electron chi connectivity index (χ0n) is 8.99. The van der Waals surface area contributed by atoms with Crippen molar-refractivity contribution < 1.29 is 24.4 Å². The lowest BCUT2D eigenvalue weighted by Gasteiger charge is -2.16. The van der Waals surface area contributed by atoms with Crippen LogP contribution in [0.4, 0.5) is 4.39 Å². The summed E-state index contributed by atoms with van der Waals surface area (Å²) < 4.78 is 18.7. The van der Waals surface area contributed by atoms with Gasteiger partial charge in [-0.3, -0.25) is 14.3 Å². The summed E-state index contributed by atoms with van der Waals surface area (Å²) in [5.41, 5.74) is -2.18. The van der Waals surface area contributed by atoms with E-state index < -0.39 is 48.2 Å². The Labute approximate surface area is 98.9 Å². The van der Waals surface area contributed by atoms with Gasteiger partial charge in [0.2, 0.25) is 5.82 Å². The summed E-state index contributed by atoms with van der Waals surface area (Å²) in [5, 5.41) is 28.0. The summed E-state index contributed by atoms with van der Waals surface area (Å²) in [6, 6.07) is 0. The predicted octanol–water partition coefficient (Wildman–Crippen LogP) is -2.71. The average molecular weight is 262 g/mol. The number of aromatic amines is 1. The Morgan fingerprint density at radius 3 is 2.61 bits per heavy atom. The molecule has 8 nitrogen and oxygen atoms in total. The summed E-state index contributed by atoms with van der Waals surface area (Å²) in [6.07, 6.45) is -4.84. The van der Waals surface area contributed by atoms with Crippen LogP contribution in [-0.2, 0) is 4.74 Å². The molecule has 0 amide bonds. The van der Waals surface area contributed by atoms with Crippen LogP contribution in [0.25, 0.3) is 0 Å². The van der Waals surface area contributed by atoms with Crippen molar-refractivity contribution in [2.24, 2.45) is 0 Å². The Morgan fingerprint density at radius 1 is 1.39 bits per heavy atom. The Morgan fingerprint density at radius 2 is 2.06 bits per heavy atom. The smallest absolute Gasteiger partial charge is 0.330 e. The van der Waals surface area contributed by atoms with Gasteiger partial charge < -0.3 is 20.1 Å². The van der Waals surface area contributed by atoms with E-state index in [1.54, 1.807) is 4.98 Å². The first-order valence-corrected chi connectivity index (χ1v) is 5.09. The van der Waals surface area contributed by atoms with E-state index in [9.17, 15) is 24.2 Å². The highest BCUT2D eigenvalue weighted by Gasteiger charge is 2.43. The van der Waals surface area contributed by atoms with Gasteiger partial charge in [-0.25, -0.2) is 4.79 Å². The number of H-pyrrole nitrogens is 1. The third-order valence-corrected chi connectivity index (χ3v) is 2.72. The van der Waals surface area contributed by atoms with Gasteiger partial charge in [-0.2, -0.15) is 4.39 Å². The fourth-order valence-corrected chi connectivity index (χ4v) is 1.76. The number of rotatable bonds is 2. The van der Waals surface area contributed by atoms with Gasteiger partial charge in [-0.15, -0.1) is 0 Å². The zero-order chi connectivity index (χ0) is 13.4. The van der Waals surface area contributed by atoms with Gasteiger partial charge in [0.1, 0.15) is 18.3 Å². The molecule has 2 heterocycles. The molecule has 2 rings (SSSR count). The molecule has 0 saturated carbocycles. The van der Waals surface area contributed by atoms with Crippen LogP contribution in [0.3, 0.4) is 0 Å². The number of aliphatic hydroxyl groups is 3. The monoisotopic (exact) mass is 262 g/mol. The number of nitrogens with one attached hydrogen (secondary N) is 1. The highest BCUT2D eigenvalue weighted by atomic mass is 19.1. The van der Waals surface area contributed by atoms with Gasteiger partial charge in [0.15, 0.2) is 6.23 Å². The molecule has 1 aromatic rings. The lowest BCUT2D eigenvalue weighted by Crippen LogP contribution is -2.38. The van der Waals surface area contributed by atoms with E-state index >= 15 is 0 Å². The fourth-order valence-electron chi connectivity index (χ4n) is 1.76. The maximum Gasteiger partial charge on any atom is 0.330 e. The zero-order valence-corrected chi connectivity index (χ0v) is 8.99. The van der Waals surface area contributed by atoms with Gasteiger partial charge in [-0.05, 0) is 0 Å². The minimum Gasteiger partial charge on any atom is -0.394 e. The molecule has 1 unspecified atom stereocenters. The Hall–Kier alpha value is -1.55. The number of hydrogen-bond donors (Lipinski definition) is 4. The number of ether oxygens (including phenoxy) is 1. The Balaban J connectivity index is 2.42. The van der Waals surface area contributed by atoms with Crippen LogP contribution in [0, 0.1) is 5.82 Å². The van der Waals surface area contributed by atoms with Crippen LogP contribution in [0.5, 0.6) is 0 Å². The molecule has 0 bridgehead atoms. The molecule has 0 aromatic carbocycles. The molecule has 18 heavy (non-hydrogen) atoms. The lowest BCUT2D eigenvalue weighted by molar-refractivity contribution is -0.0554. The molecule has 4 N–H and O–H groups in total. The molecular weight excluding hydrogens is 251 g/mol.